The third kappa shape index (κ3) is 4.04. The number of nitrogens with zero attached hydrogens (tertiary/aromatic N) is 1. The van der Waals surface area contributed by atoms with E-state index in [9.17, 15) is 14.0 Å². The molecule has 32 heavy (non-hydrogen) atoms. The van der Waals surface area contributed by atoms with Crippen LogP contribution in [0.15, 0.2) is 54.6 Å². The number of hydrogen-bond acceptors (Lipinski definition) is 3. The molecule has 1 spiro atoms. The molecule has 2 saturated heterocycles. The maximum atomic E-state index is 13.4. The van der Waals surface area contributed by atoms with Crippen molar-refractivity contribution in [2.75, 3.05) is 32.7 Å². The van der Waals surface area contributed by atoms with Gasteiger partial charge in [-0.15, -0.1) is 0 Å². The summed E-state index contributed by atoms with van der Waals surface area (Å²) >= 11 is 0. The highest BCUT2D eigenvalue weighted by Gasteiger charge is 2.52. The summed E-state index contributed by atoms with van der Waals surface area (Å²) in [6.45, 7) is 3.71. The van der Waals surface area contributed by atoms with Gasteiger partial charge in [-0.25, -0.2) is 4.39 Å². The van der Waals surface area contributed by atoms with Crippen LogP contribution in [0.1, 0.15) is 42.2 Å². The lowest BCUT2D eigenvalue weighted by Crippen LogP contribution is -2.47. The molecule has 0 aromatic heterocycles. The minimum atomic E-state index is -0.408. The third-order valence-corrected chi connectivity index (χ3v) is 7.69. The molecular weight excluding hydrogens is 405 g/mol. The topological polar surface area (TPSA) is 61.4 Å². The molecule has 2 aromatic rings. The lowest BCUT2D eigenvalue weighted by Gasteiger charge is -2.41. The molecule has 2 aliphatic heterocycles. The zero-order chi connectivity index (χ0) is 22.1. The van der Waals surface area contributed by atoms with E-state index in [4.69, 9.17) is 0 Å². The van der Waals surface area contributed by atoms with E-state index >= 15 is 0 Å². The van der Waals surface area contributed by atoms with Gasteiger partial charge in [-0.1, -0.05) is 42.5 Å². The smallest absolute Gasteiger partial charge is 0.227 e. The Morgan fingerprint density at radius 2 is 1.78 bits per heavy atom. The molecule has 168 valence electrons. The van der Waals surface area contributed by atoms with Crippen LogP contribution < -0.4 is 10.6 Å². The number of benzene rings is 2. The number of nitrogens with one attached hydrogen (secondary N) is 2. The first-order valence-electron chi connectivity index (χ1n) is 11.7. The van der Waals surface area contributed by atoms with E-state index < -0.39 is 5.41 Å². The van der Waals surface area contributed by atoms with Crippen molar-refractivity contribution >= 4 is 11.8 Å². The summed E-state index contributed by atoms with van der Waals surface area (Å²) in [5, 5.41) is 6.15. The Hall–Kier alpha value is -2.73. The Morgan fingerprint density at radius 3 is 2.50 bits per heavy atom. The van der Waals surface area contributed by atoms with Crippen LogP contribution in [0.2, 0.25) is 0 Å². The summed E-state index contributed by atoms with van der Waals surface area (Å²) in [4.78, 5) is 27.6. The van der Waals surface area contributed by atoms with E-state index in [-0.39, 0.29) is 29.5 Å². The van der Waals surface area contributed by atoms with Crippen molar-refractivity contribution < 1.29 is 14.0 Å². The molecular formula is C26H30FN3O2. The molecule has 2 N–H and O–H groups in total. The van der Waals surface area contributed by atoms with Crippen molar-refractivity contribution in [1.29, 1.82) is 0 Å². The van der Waals surface area contributed by atoms with Crippen molar-refractivity contribution in [2.45, 2.75) is 31.1 Å². The summed E-state index contributed by atoms with van der Waals surface area (Å²) in [7, 11) is 0. The van der Waals surface area contributed by atoms with Gasteiger partial charge in [0.1, 0.15) is 5.82 Å². The van der Waals surface area contributed by atoms with Crippen molar-refractivity contribution in [2.24, 2.45) is 11.3 Å². The monoisotopic (exact) mass is 435 g/mol. The van der Waals surface area contributed by atoms with Gasteiger partial charge in [-0.05, 0) is 61.5 Å². The fourth-order valence-corrected chi connectivity index (χ4v) is 5.63. The van der Waals surface area contributed by atoms with Gasteiger partial charge in [-0.3, -0.25) is 9.59 Å². The molecule has 0 bridgehead atoms. The van der Waals surface area contributed by atoms with Crippen molar-refractivity contribution in [3.8, 4) is 0 Å². The van der Waals surface area contributed by atoms with Crippen LogP contribution in [-0.2, 0) is 9.59 Å². The predicted octanol–water partition coefficient (Wildman–Crippen LogP) is 3.04. The molecule has 3 aliphatic rings. The lowest BCUT2D eigenvalue weighted by molar-refractivity contribution is -0.130. The van der Waals surface area contributed by atoms with Crippen LogP contribution in [0.5, 0.6) is 0 Å². The van der Waals surface area contributed by atoms with Crippen molar-refractivity contribution in [3.05, 3.63) is 71.5 Å². The number of carbonyl (C=O) groups excluding carboxylic acids is 2. The average Bonchev–Trinajstić information content (AvgIpc) is 3.57. The molecule has 3 atom stereocenters. The number of halogens is 1. The molecule has 0 radical (unpaired) electrons. The Kier molecular flexibility index (Phi) is 5.72. The first kappa shape index (κ1) is 21.1. The second kappa shape index (κ2) is 8.66. The van der Waals surface area contributed by atoms with E-state index in [0.29, 0.717) is 19.0 Å². The van der Waals surface area contributed by atoms with Gasteiger partial charge in [0.15, 0.2) is 0 Å². The molecule has 1 saturated carbocycles. The Morgan fingerprint density at radius 1 is 1.06 bits per heavy atom. The van der Waals surface area contributed by atoms with Gasteiger partial charge in [0, 0.05) is 31.5 Å². The van der Waals surface area contributed by atoms with Crippen LogP contribution in [0.25, 0.3) is 0 Å². The molecule has 5 nitrogen and oxygen atoms in total. The van der Waals surface area contributed by atoms with Crippen LogP contribution in [-0.4, -0.2) is 49.4 Å². The standard InChI is InChI=1S/C26H30FN3O2/c27-20-8-6-19(7-9-20)23-17-29-25(32)26(23)10-13-30(14-11-26)15-12-28-24(31)22-16-21(22)18-4-2-1-3-5-18/h1-9,21-23H,10-17H2,(H,28,31)(H,29,32)/t21-,22+,23+/m0/s1. The molecule has 2 amide bonds. The minimum absolute atomic E-state index is 0.0854. The fraction of sp³-hybridized carbons (Fsp3) is 0.462. The summed E-state index contributed by atoms with van der Waals surface area (Å²) < 4.78 is 13.4. The predicted molar refractivity (Wildman–Crippen MR) is 121 cm³/mol. The molecule has 5 rings (SSSR count). The number of piperidine rings is 1. The number of amides is 2. The summed E-state index contributed by atoms with van der Waals surface area (Å²) in [6, 6.07) is 16.8. The van der Waals surface area contributed by atoms with Crippen LogP contribution >= 0.6 is 0 Å². The van der Waals surface area contributed by atoms with Gasteiger partial charge in [-0.2, -0.15) is 0 Å². The van der Waals surface area contributed by atoms with E-state index in [1.165, 1.54) is 17.7 Å². The average molecular weight is 436 g/mol. The number of hydrogen-bond donors (Lipinski definition) is 2. The highest BCUT2D eigenvalue weighted by atomic mass is 19.1. The van der Waals surface area contributed by atoms with Crippen molar-refractivity contribution in [3.63, 3.8) is 0 Å². The van der Waals surface area contributed by atoms with Crippen molar-refractivity contribution in [1.82, 2.24) is 15.5 Å². The Bertz CT molecular complexity index is 970. The van der Waals surface area contributed by atoms with Crippen LogP contribution in [0.3, 0.4) is 0 Å². The number of likely N-dealkylation sites (tertiary alicyclic amines) is 1. The fourth-order valence-electron chi connectivity index (χ4n) is 5.63. The van der Waals surface area contributed by atoms with E-state index in [1.807, 2.05) is 30.3 Å². The Labute approximate surface area is 188 Å². The van der Waals surface area contributed by atoms with Crippen LogP contribution in [0.4, 0.5) is 4.39 Å². The zero-order valence-electron chi connectivity index (χ0n) is 18.2. The van der Waals surface area contributed by atoms with Gasteiger partial charge >= 0.3 is 0 Å². The highest BCUT2D eigenvalue weighted by molar-refractivity contribution is 5.86. The van der Waals surface area contributed by atoms with Crippen LogP contribution in [0, 0.1) is 17.2 Å². The zero-order valence-corrected chi connectivity index (χ0v) is 18.2. The third-order valence-electron chi connectivity index (χ3n) is 7.69. The molecule has 6 heteroatoms. The normalized spacial score (nSPS) is 26.7. The van der Waals surface area contributed by atoms with Gasteiger partial charge < -0.3 is 15.5 Å². The minimum Gasteiger partial charge on any atom is -0.355 e. The SMILES string of the molecule is O=C(NCCN1CCC2(CC1)C(=O)NC[C@@H]2c1ccc(F)cc1)[C@@H]1C[C@H]1c1ccccc1. The molecule has 2 aromatic carbocycles. The number of carbonyl (C=O) groups is 2. The second-order valence-electron chi connectivity index (χ2n) is 9.46. The van der Waals surface area contributed by atoms with E-state index in [0.717, 1.165) is 44.5 Å². The first-order chi connectivity index (χ1) is 15.6. The summed E-state index contributed by atoms with van der Waals surface area (Å²) in [5.74, 6) is 0.566. The quantitative estimate of drug-likeness (QED) is 0.733. The van der Waals surface area contributed by atoms with Gasteiger partial charge in [0.05, 0.1) is 5.41 Å². The first-order valence-corrected chi connectivity index (χ1v) is 11.7. The Balaban J connectivity index is 1.10. The van der Waals surface area contributed by atoms with Gasteiger partial charge in [0.2, 0.25) is 11.8 Å². The maximum absolute atomic E-state index is 13.4. The van der Waals surface area contributed by atoms with Gasteiger partial charge in [0.25, 0.3) is 0 Å². The molecule has 1 aliphatic carbocycles. The van der Waals surface area contributed by atoms with E-state index in [2.05, 4.69) is 27.7 Å². The maximum Gasteiger partial charge on any atom is 0.227 e. The summed E-state index contributed by atoms with van der Waals surface area (Å²) in [5.41, 5.74) is 1.87. The molecule has 2 heterocycles. The molecule has 0 unspecified atom stereocenters. The van der Waals surface area contributed by atoms with E-state index in [1.54, 1.807) is 0 Å². The second-order valence-corrected chi connectivity index (χ2v) is 9.46. The lowest BCUT2D eigenvalue weighted by atomic mass is 9.68. The number of rotatable bonds is 6. The largest absolute Gasteiger partial charge is 0.355 e. The summed E-state index contributed by atoms with van der Waals surface area (Å²) in [6.07, 6.45) is 2.50. The molecule has 3 fully saturated rings. The highest BCUT2D eigenvalue weighted by Crippen LogP contribution is 2.48.